The predicted molar refractivity (Wildman–Crippen MR) is 164 cm³/mol. The van der Waals surface area contributed by atoms with E-state index in [4.69, 9.17) is 4.74 Å². The molecule has 218 valence electrons. The zero-order chi connectivity index (χ0) is 29.5. The lowest BCUT2D eigenvalue weighted by atomic mass is 9.52. The standard InChI is InChI=1S/C32H35N5O3S2/c1-21-8-10-29-27(16-21)25-13-15-32(29,28-7-5-4-6-26(25)28)14-12-23(19-37(2)3)40-30-11-9-24(17-22(30)18-33)42(38,39)36-31-34-20-35-41-31/h4-11,17,20-21,23,25H,12-16,19H2,1-3H3,(H,34,35,36). The van der Waals surface area contributed by atoms with Crippen LogP contribution in [0.5, 0.6) is 5.75 Å². The third kappa shape index (κ3) is 5.26. The first-order valence-electron chi connectivity index (χ1n) is 14.4. The van der Waals surface area contributed by atoms with Gasteiger partial charge in [0.1, 0.15) is 24.3 Å². The summed E-state index contributed by atoms with van der Waals surface area (Å²) in [5.41, 5.74) is 6.20. The van der Waals surface area contributed by atoms with Gasteiger partial charge in [0.15, 0.2) is 0 Å². The number of aromatic nitrogens is 2. The summed E-state index contributed by atoms with van der Waals surface area (Å²) in [6, 6.07) is 15.5. The minimum Gasteiger partial charge on any atom is -0.488 e. The van der Waals surface area contributed by atoms with E-state index >= 15 is 0 Å². The summed E-state index contributed by atoms with van der Waals surface area (Å²) in [4.78, 5) is 5.95. The van der Waals surface area contributed by atoms with Crippen LogP contribution in [-0.4, -0.2) is 49.4 Å². The summed E-state index contributed by atoms with van der Waals surface area (Å²) in [6.07, 6.45) is 11.0. The third-order valence-corrected chi connectivity index (χ3v) is 10.9. The number of sulfonamides is 1. The Morgan fingerprint density at radius 3 is 2.86 bits per heavy atom. The van der Waals surface area contributed by atoms with Crippen molar-refractivity contribution in [1.82, 2.24) is 14.3 Å². The van der Waals surface area contributed by atoms with Gasteiger partial charge in [-0.15, -0.1) is 0 Å². The molecule has 4 aliphatic carbocycles. The van der Waals surface area contributed by atoms with Crippen molar-refractivity contribution in [3.8, 4) is 11.8 Å². The number of rotatable bonds is 10. The molecule has 0 amide bonds. The molecule has 0 saturated heterocycles. The zero-order valence-corrected chi connectivity index (χ0v) is 25.7. The van der Waals surface area contributed by atoms with Crippen molar-refractivity contribution < 1.29 is 13.2 Å². The van der Waals surface area contributed by atoms with Crippen LogP contribution in [0.25, 0.3) is 0 Å². The lowest BCUT2D eigenvalue weighted by Gasteiger charge is -2.52. The minimum atomic E-state index is -3.92. The van der Waals surface area contributed by atoms with Gasteiger partial charge in [0.25, 0.3) is 10.0 Å². The van der Waals surface area contributed by atoms with E-state index in [1.54, 1.807) is 11.6 Å². The number of allylic oxidation sites excluding steroid dienone is 4. The fourth-order valence-corrected chi connectivity index (χ4v) is 8.77. The Bertz CT molecular complexity index is 1690. The molecular formula is C32H35N5O3S2. The third-order valence-electron chi connectivity index (χ3n) is 8.85. The van der Waals surface area contributed by atoms with Gasteiger partial charge in [-0.25, -0.2) is 13.4 Å². The Balaban J connectivity index is 1.27. The summed E-state index contributed by atoms with van der Waals surface area (Å²) < 4.78 is 38.5. The second-order valence-corrected chi connectivity index (χ2v) is 14.4. The molecule has 4 aliphatic rings. The molecule has 4 atom stereocenters. The highest BCUT2D eigenvalue weighted by Crippen LogP contribution is 2.60. The Labute approximate surface area is 252 Å². The Kier molecular flexibility index (Phi) is 7.68. The molecule has 10 heteroatoms. The van der Waals surface area contributed by atoms with E-state index in [9.17, 15) is 13.7 Å². The Hall–Kier alpha value is -3.52. The van der Waals surface area contributed by atoms with E-state index in [1.165, 1.54) is 41.6 Å². The summed E-state index contributed by atoms with van der Waals surface area (Å²) in [7, 11) is 0.107. The van der Waals surface area contributed by atoms with Crippen LogP contribution >= 0.6 is 11.5 Å². The smallest absolute Gasteiger partial charge is 0.263 e. The normalized spacial score (nSPS) is 23.3. The van der Waals surface area contributed by atoms with Gasteiger partial charge in [0.2, 0.25) is 5.13 Å². The molecule has 7 rings (SSSR count). The SMILES string of the molecule is CC1C=CC2=C(C1)C1CCC2(CCC(CN(C)C)Oc2ccc(S(=O)(=O)Nc3ncns3)cc2C#N)c2ccccc21. The summed E-state index contributed by atoms with van der Waals surface area (Å²) in [5.74, 6) is 1.46. The van der Waals surface area contributed by atoms with Crippen LogP contribution in [0.3, 0.4) is 0 Å². The number of anilines is 1. The van der Waals surface area contributed by atoms with E-state index in [2.05, 4.69) is 68.4 Å². The maximum absolute atomic E-state index is 12.9. The van der Waals surface area contributed by atoms with E-state index < -0.39 is 10.0 Å². The number of nitriles is 1. The largest absolute Gasteiger partial charge is 0.488 e. The second kappa shape index (κ2) is 11.3. The molecule has 0 spiro atoms. The number of nitrogens with zero attached hydrogens (tertiary/aromatic N) is 4. The van der Waals surface area contributed by atoms with E-state index in [1.807, 2.05) is 14.1 Å². The average molecular weight is 602 g/mol. The molecule has 0 radical (unpaired) electrons. The number of hydrogen-bond acceptors (Lipinski definition) is 8. The second-order valence-electron chi connectivity index (χ2n) is 11.9. The van der Waals surface area contributed by atoms with Crippen LogP contribution in [0.1, 0.15) is 61.6 Å². The first kappa shape index (κ1) is 28.6. The van der Waals surface area contributed by atoms with Crippen LogP contribution in [0, 0.1) is 17.2 Å². The zero-order valence-electron chi connectivity index (χ0n) is 24.1. The number of fused-ring (bicyclic) bond motifs is 1. The molecule has 42 heavy (non-hydrogen) atoms. The summed E-state index contributed by atoms with van der Waals surface area (Å²) in [6.45, 7) is 2.97. The van der Waals surface area contributed by atoms with E-state index in [-0.39, 0.29) is 27.1 Å². The van der Waals surface area contributed by atoms with Crippen LogP contribution < -0.4 is 9.46 Å². The highest BCUT2D eigenvalue weighted by atomic mass is 32.2. The van der Waals surface area contributed by atoms with Crippen LogP contribution in [0.4, 0.5) is 5.13 Å². The van der Waals surface area contributed by atoms with Crippen molar-refractivity contribution in [3.63, 3.8) is 0 Å². The highest BCUT2D eigenvalue weighted by molar-refractivity contribution is 7.93. The van der Waals surface area contributed by atoms with Crippen LogP contribution in [-0.2, 0) is 15.4 Å². The molecule has 1 N–H and O–H groups in total. The molecule has 0 saturated carbocycles. The fourth-order valence-electron chi connectivity index (χ4n) is 7.08. The minimum absolute atomic E-state index is 0.0296. The van der Waals surface area contributed by atoms with Crippen LogP contribution in [0.2, 0.25) is 0 Å². The Morgan fingerprint density at radius 1 is 1.26 bits per heavy atom. The van der Waals surface area contributed by atoms with Crippen molar-refractivity contribution in [2.24, 2.45) is 5.92 Å². The predicted octanol–water partition coefficient (Wildman–Crippen LogP) is 6.02. The summed E-state index contributed by atoms with van der Waals surface area (Å²) >= 11 is 0.943. The molecule has 0 aliphatic heterocycles. The molecule has 4 unspecified atom stereocenters. The maximum atomic E-state index is 12.9. The molecule has 3 aromatic rings. The maximum Gasteiger partial charge on any atom is 0.263 e. The molecular weight excluding hydrogens is 567 g/mol. The van der Waals surface area contributed by atoms with Gasteiger partial charge in [-0.3, -0.25) is 4.72 Å². The number of ether oxygens (including phenoxy) is 1. The van der Waals surface area contributed by atoms with Gasteiger partial charge in [0.05, 0.1) is 10.5 Å². The van der Waals surface area contributed by atoms with Gasteiger partial charge in [-0.2, -0.15) is 9.64 Å². The van der Waals surface area contributed by atoms with Gasteiger partial charge in [-0.1, -0.05) is 48.9 Å². The summed E-state index contributed by atoms with van der Waals surface area (Å²) in [5, 5.41) is 10.1. The molecule has 2 aromatic carbocycles. The van der Waals surface area contributed by atoms with Crippen molar-refractivity contribution in [3.05, 3.63) is 88.8 Å². The number of benzene rings is 2. The first-order valence-corrected chi connectivity index (χ1v) is 16.6. The van der Waals surface area contributed by atoms with E-state index in [0.29, 0.717) is 24.1 Å². The number of hydrogen-bond donors (Lipinski definition) is 1. The van der Waals surface area contributed by atoms with Crippen molar-refractivity contribution >= 4 is 26.7 Å². The molecule has 2 bridgehead atoms. The van der Waals surface area contributed by atoms with Crippen molar-refractivity contribution in [1.29, 1.82) is 5.26 Å². The van der Waals surface area contributed by atoms with Gasteiger partial charge >= 0.3 is 0 Å². The van der Waals surface area contributed by atoms with Gasteiger partial charge in [0, 0.05) is 29.4 Å². The van der Waals surface area contributed by atoms with Crippen molar-refractivity contribution in [2.75, 3.05) is 25.4 Å². The topological polar surface area (TPSA) is 108 Å². The molecule has 8 nitrogen and oxygen atoms in total. The first-order chi connectivity index (χ1) is 20.2. The fraction of sp³-hybridized carbons (Fsp3) is 0.406. The quantitative estimate of drug-likeness (QED) is 0.303. The van der Waals surface area contributed by atoms with Crippen molar-refractivity contribution in [2.45, 2.75) is 61.4 Å². The monoisotopic (exact) mass is 601 g/mol. The van der Waals surface area contributed by atoms with Gasteiger partial charge in [-0.05, 0) is 87.0 Å². The lowest BCUT2D eigenvalue weighted by molar-refractivity contribution is 0.138. The molecule has 1 aromatic heterocycles. The number of likely N-dealkylation sites (N-methyl/N-ethyl adjacent to an activating group) is 1. The molecule has 1 heterocycles. The number of nitrogens with one attached hydrogen (secondary N) is 1. The highest BCUT2D eigenvalue weighted by Gasteiger charge is 2.49. The average Bonchev–Trinajstić information content (AvgIpc) is 3.48. The Morgan fingerprint density at radius 2 is 2.10 bits per heavy atom. The van der Waals surface area contributed by atoms with E-state index in [0.717, 1.165) is 37.2 Å². The lowest BCUT2D eigenvalue weighted by Crippen LogP contribution is -2.43. The van der Waals surface area contributed by atoms with Crippen LogP contribution in [0.15, 0.2) is 77.0 Å². The molecule has 0 fully saturated rings. The van der Waals surface area contributed by atoms with Gasteiger partial charge < -0.3 is 9.64 Å².